The maximum absolute atomic E-state index is 12.3. The lowest BCUT2D eigenvalue weighted by molar-refractivity contribution is 0.102. The summed E-state index contributed by atoms with van der Waals surface area (Å²) in [6.45, 7) is 2.03. The second-order valence-corrected chi connectivity index (χ2v) is 6.01. The van der Waals surface area contributed by atoms with E-state index in [9.17, 15) is 4.79 Å². The van der Waals surface area contributed by atoms with E-state index in [0.29, 0.717) is 21.8 Å². The zero-order valence-electron chi connectivity index (χ0n) is 11.7. The van der Waals surface area contributed by atoms with E-state index in [1.54, 1.807) is 18.2 Å². The Bertz CT molecular complexity index is 1000. The molecule has 6 heteroatoms. The van der Waals surface area contributed by atoms with E-state index >= 15 is 0 Å². The number of rotatable bonds is 2. The third-order valence-electron chi connectivity index (χ3n) is 3.36. The topological polar surface area (TPSA) is 68.0 Å². The minimum absolute atomic E-state index is 0.208. The van der Waals surface area contributed by atoms with Crippen LogP contribution in [0.5, 0.6) is 0 Å². The highest BCUT2D eigenvalue weighted by molar-refractivity contribution is 7.22. The van der Waals surface area contributed by atoms with Gasteiger partial charge in [0.15, 0.2) is 17.1 Å². The first-order chi connectivity index (χ1) is 10.7. The Morgan fingerprint density at radius 2 is 2.09 bits per heavy atom. The quantitative estimate of drug-likeness (QED) is 0.607. The van der Waals surface area contributed by atoms with Gasteiger partial charge in [0.2, 0.25) is 0 Å². The van der Waals surface area contributed by atoms with Crippen molar-refractivity contribution < 1.29 is 9.21 Å². The van der Waals surface area contributed by atoms with Crippen LogP contribution < -0.4 is 5.32 Å². The van der Waals surface area contributed by atoms with Crippen LogP contribution in [0.15, 0.2) is 47.2 Å². The van der Waals surface area contributed by atoms with E-state index in [0.717, 1.165) is 10.2 Å². The van der Waals surface area contributed by atoms with Crippen LogP contribution in [0.4, 0.5) is 5.13 Å². The lowest BCUT2D eigenvalue weighted by Crippen LogP contribution is -2.11. The number of benzene rings is 2. The van der Waals surface area contributed by atoms with Crippen LogP contribution in [0, 0.1) is 6.92 Å². The molecule has 108 valence electrons. The summed E-state index contributed by atoms with van der Waals surface area (Å²) in [7, 11) is 0. The maximum atomic E-state index is 12.3. The first-order valence-electron chi connectivity index (χ1n) is 6.71. The number of thiazole rings is 1. The van der Waals surface area contributed by atoms with Crippen molar-refractivity contribution >= 4 is 43.7 Å². The van der Waals surface area contributed by atoms with Crippen molar-refractivity contribution in [2.75, 3.05) is 5.32 Å². The van der Waals surface area contributed by atoms with Crippen LogP contribution in [-0.2, 0) is 0 Å². The minimum atomic E-state index is -0.208. The summed E-state index contributed by atoms with van der Waals surface area (Å²) in [5, 5.41) is 3.42. The zero-order chi connectivity index (χ0) is 15.1. The van der Waals surface area contributed by atoms with Gasteiger partial charge in [-0.3, -0.25) is 10.1 Å². The average Bonchev–Trinajstić information content (AvgIpc) is 3.11. The van der Waals surface area contributed by atoms with E-state index in [1.807, 2.05) is 19.1 Å². The normalized spacial score (nSPS) is 11.1. The molecule has 0 saturated carbocycles. The van der Waals surface area contributed by atoms with Crippen molar-refractivity contribution in [2.24, 2.45) is 0 Å². The van der Waals surface area contributed by atoms with Crippen LogP contribution >= 0.6 is 11.3 Å². The molecule has 22 heavy (non-hydrogen) atoms. The third-order valence-corrected chi connectivity index (χ3v) is 4.29. The SMILES string of the molecule is Cc1ccc2nc(NC(=O)c3ccc4ocnc4c3)sc2c1. The van der Waals surface area contributed by atoms with E-state index in [2.05, 4.69) is 21.4 Å². The number of carbonyl (C=O) groups is 1. The van der Waals surface area contributed by atoms with Gasteiger partial charge in [-0.25, -0.2) is 9.97 Å². The van der Waals surface area contributed by atoms with Crippen molar-refractivity contribution in [3.8, 4) is 0 Å². The van der Waals surface area contributed by atoms with E-state index < -0.39 is 0 Å². The minimum Gasteiger partial charge on any atom is -0.443 e. The van der Waals surface area contributed by atoms with Crippen molar-refractivity contribution in [3.05, 3.63) is 53.9 Å². The lowest BCUT2D eigenvalue weighted by atomic mass is 10.2. The number of oxazole rings is 1. The Labute approximate surface area is 129 Å². The number of carbonyl (C=O) groups excluding carboxylic acids is 1. The van der Waals surface area contributed by atoms with Crippen LogP contribution in [0.1, 0.15) is 15.9 Å². The molecule has 2 aromatic carbocycles. The van der Waals surface area contributed by atoms with Gasteiger partial charge in [0.25, 0.3) is 5.91 Å². The summed E-state index contributed by atoms with van der Waals surface area (Å²) >= 11 is 1.46. The van der Waals surface area contributed by atoms with Gasteiger partial charge in [-0.15, -0.1) is 0 Å². The Kier molecular flexibility index (Phi) is 2.90. The maximum Gasteiger partial charge on any atom is 0.257 e. The summed E-state index contributed by atoms with van der Waals surface area (Å²) in [4.78, 5) is 20.8. The van der Waals surface area contributed by atoms with Crippen LogP contribution in [0.25, 0.3) is 21.3 Å². The molecule has 2 heterocycles. The number of nitrogens with zero attached hydrogens (tertiary/aromatic N) is 2. The molecule has 0 atom stereocenters. The highest BCUT2D eigenvalue weighted by atomic mass is 32.1. The molecule has 0 bridgehead atoms. The molecule has 0 aliphatic heterocycles. The molecular weight excluding hydrogens is 298 g/mol. The molecule has 0 fully saturated rings. The molecule has 4 rings (SSSR count). The molecule has 2 aromatic heterocycles. The van der Waals surface area contributed by atoms with Gasteiger partial charge in [-0.1, -0.05) is 17.4 Å². The standard InChI is InChI=1S/C16H11N3O2S/c1-9-2-4-11-14(6-9)22-16(18-11)19-15(20)10-3-5-13-12(7-10)17-8-21-13/h2-8H,1H3,(H,18,19,20). The number of fused-ring (bicyclic) bond motifs is 2. The Hall–Kier alpha value is -2.73. The number of nitrogens with one attached hydrogen (secondary N) is 1. The molecule has 4 aromatic rings. The van der Waals surface area contributed by atoms with Gasteiger partial charge in [0.1, 0.15) is 5.52 Å². The van der Waals surface area contributed by atoms with E-state index in [4.69, 9.17) is 4.42 Å². The van der Waals surface area contributed by atoms with Gasteiger partial charge < -0.3 is 4.42 Å². The largest absolute Gasteiger partial charge is 0.443 e. The van der Waals surface area contributed by atoms with Gasteiger partial charge in [0, 0.05) is 5.56 Å². The predicted molar refractivity (Wildman–Crippen MR) is 86.3 cm³/mol. The summed E-state index contributed by atoms with van der Waals surface area (Å²) in [6, 6.07) is 11.2. The van der Waals surface area contributed by atoms with Gasteiger partial charge >= 0.3 is 0 Å². The van der Waals surface area contributed by atoms with Crippen LogP contribution in [-0.4, -0.2) is 15.9 Å². The Morgan fingerprint density at radius 3 is 3.00 bits per heavy atom. The highest BCUT2D eigenvalue weighted by Crippen LogP contribution is 2.27. The number of amides is 1. The molecule has 0 radical (unpaired) electrons. The molecule has 0 aliphatic carbocycles. The lowest BCUT2D eigenvalue weighted by Gasteiger charge is -2.00. The van der Waals surface area contributed by atoms with Crippen LogP contribution in [0.3, 0.4) is 0 Å². The molecule has 0 saturated heterocycles. The van der Waals surface area contributed by atoms with Crippen LogP contribution in [0.2, 0.25) is 0 Å². The van der Waals surface area contributed by atoms with E-state index in [1.165, 1.54) is 23.3 Å². The fraction of sp³-hybridized carbons (Fsp3) is 0.0625. The van der Waals surface area contributed by atoms with E-state index in [-0.39, 0.29) is 5.91 Å². The van der Waals surface area contributed by atoms with Crippen molar-refractivity contribution in [1.29, 1.82) is 0 Å². The molecule has 0 unspecified atom stereocenters. The third kappa shape index (κ3) is 2.23. The molecule has 1 amide bonds. The molecule has 1 N–H and O–H groups in total. The molecule has 0 aliphatic rings. The zero-order valence-corrected chi connectivity index (χ0v) is 12.5. The summed E-state index contributed by atoms with van der Waals surface area (Å²) < 4.78 is 6.23. The fourth-order valence-corrected chi connectivity index (χ4v) is 3.21. The number of aryl methyl sites for hydroxylation is 1. The number of hydrogen-bond donors (Lipinski definition) is 1. The van der Waals surface area contributed by atoms with Crippen molar-refractivity contribution in [2.45, 2.75) is 6.92 Å². The summed E-state index contributed by atoms with van der Waals surface area (Å²) in [5.41, 5.74) is 3.90. The monoisotopic (exact) mass is 309 g/mol. The number of aromatic nitrogens is 2. The predicted octanol–water partition coefficient (Wildman–Crippen LogP) is 4.00. The summed E-state index contributed by atoms with van der Waals surface area (Å²) in [6.07, 6.45) is 1.36. The molecule has 5 nitrogen and oxygen atoms in total. The molecule has 0 spiro atoms. The second kappa shape index (κ2) is 4.92. The van der Waals surface area contributed by atoms with Crippen molar-refractivity contribution in [1.82, 2.24) is 9.97 Å². The highest BCUT2D eigenvalue weighted by Gasteiger charge is 2.11. The fourth-order valence-electron chi connectivity index (χ4n) is 2.25. The first-order valence-corrected chi connectivity index (χ1v) is 7.52. The number of anilines is 1. The molecular formula is C16H11N3O2S. The summed E-state index contributed by atoms with van der Waals surface area (Å²) in [5.74, 6) is -0.208. The van der Waals surface area contributed by atoms with Crippen molar-refractivity contribution in [3.63, 3.8) is 0 Å². The first kappa shape index (κ1) is 13.0. The smallest absolute Gasteiger partial charge is 0.257 e. The van der Waals surface area contributed by atoms with Gasteiger partial charge in [0.05, 0.1) is 10.2 Å². The van der Waals surface area contributed by atoms with Gasteiger partial charge in [-0.2, -0.15) is 0 Å². The van der Waals surface area contributed by atoms with Gasteiger partial charge in [-0.05, 0) is 42.8 Å². The second-order valence-electron chi connectivity index (χ2n) is 4.98. The Balaban J connectivity index is 1.64. The average molecular weight is 309 g/mol. The Morgan fingerprint density at radius 1 is 1.18 bits per heavy atom. The number of hydrogen-bond acceptors (Lipinski definition) is 5.